The fourth-order valence-electron chi connectivity index (χ4n) is 1.48. The molecule has 7 heteroatoms. The van der Waals surface area contributed by atoms with Crippen molar-refractivity contribution in [1.82, 2.24) is 16.0 Å². The number of amides is 1. The zero-order valence-electron chi connectivity index (χ0n) is 11.9. The van der Waals surface area contributed by atoms with Gasteiger partial charge in [0.2, 0.25) is 0 Å². The van der Waals surface area contributed by atoms with Crippen LogP contribution in [-0.2, 0) is 0 Å². The van der Waals surface area contributed by atoms with Gasteiger partial charge in [0.25, 0.3) is 5.91 Å². The number of hydrogen-bond donors (Lipinski definition) is 3. The normalized spacial score (nSPS) is 10.3. The Hall–Kier alpha value is -1.09. The maximum atomic E-state index is 11.9. The summed E-state index contributed by atoms with van der Waals surface area (Å²) in [7, 11) is 1.69. The van der Waals surface area contributed by atoms with Crippen molar-refractivity contribution in [3.63, 3.8) is 0 Å². The number of guanidine groups is 1. The third kappa shape index (κ3) is 8.05. The molecule has 0 saturated carbocycles. The summed E-state index contributed by atoms with van der Waals surface area (Å²) in [6.07, 6.45) is 1.75. The molecule has 0 fully saturated rings. The number of aliphatic imine (C=N–C) groups is 1. The van der Waals surface area contributed by atoms with Crippen LogP contribution in [0.25, 0.3) is 0 Å². The summed E-state index contributed by atoms with van der Waals surface area (Å²) in [6.45, 7) is 5.37. The van der Waals surface area contributed by atoms with Gasteiger partial charge in [-0.25, -0.2) is 0 Å². The number of nitrogens with zero attached hydrogens (tertiary/aromatic N) is 1. The number of carbonyl (C=O) groups excluding carboxylic acids is 1. The van der Waals surface area contributed by atoms with Gasteiger partial charge < -0.3 is 16.0 Å². The van der Waals surface area contributed by atoms with E-state index >= 15 is 0 Å². The fraction of sp³-hybridized carbons (Fsp3) is 0.286. The molecule has 0 saturated heterocycles. The van der Waals surface area contributed by atoms with Crippen LogP contribution >= 0.6 is 39.9 Å². The number of nitrogens with one attached hydrogen (secondary N) is 3. The second kappa shape index (κ2) is 11.6. The Kier molecular flexibility index (Phi) is 11.0. The Balaban J connectivity index is 0.00000400. The van der Waals surface area contributed by atoms with Crippen LogP contribution in [0.15, 0.2) is 46.4 Å². The van der Waals surface area contributed by atoms with E-state index in [0.29, 0.717) is 31.2 Å². The summed E-state index contributed by atoms with van der Waals surface area (Å²) >= 11 is 3.34. The predicted octanol–water partition coefficient (Wildman–Crippen LogP) is 2.15. The summed E-state index contributed by atoms with van der Waals surface area (Å²) in [5, 5.41) is 8.97. The maximum Gasteiger partial charge on any atom is 0.251 e. The van der Waals surface area contributed by atoms with Gasteiger partial charge >= 0.3 is 0 Å². The highest BCUT2D eigenvalue weighted by Crippen LogP contribution is 2.11. The Morgan fingerprint density at radius 3 is 2.67 bits per heavy atom. The molecule has 5 nitrogen and oxygen atoms in total. The van der Waals surface area contributed by atoms with Gasteiger partial charge in [-0.1, -0.05) is 28.1 Å². The summed E-state index contributed by atoms with van der Waals surface area (Å²) in [5.41, 5.74) is 0.633. The third-order valence-corrected chi connectivity index (χ3v) is 2.92. The summed E-state index contributed by atoms with van der Waals surface area (Å²) in [5.74, 6) is 0.587. The number of halogens is 2. The highest BCUT2D eigenvalue weighted by Gasteiger charge is 2.04. The van der Waals surface area contributed by atoms with Crippen LogP contribution in [0, 0.1) is 0 Å². The Morgan fingerprint density at radius 2 is 2.05 bits per heavy atom. The van der Waals surface area contributed by atoms with Crippen LogP contribution in [0.1, 0.15) is 10.4 Å². The van der Waals surface area contributed by atoms with Crippen LogP contribution in [0.5, 0.6) is 0 Å². The zero-order chi connectivity index (χ0) is 14.8. The van der Waals surface area contributed by atoms with Crippen LogP contribution in [0.2, 0.25) is 0 Å². The van der Waals surface area contributed by atoms with E-state index in [-0.39, 0.29) is 29.9 Å². The predicted molar refractivity (Wildman–Crippen MR) is 101 cm³/mol. The van der Waals surface area contributed by atoms with E-state index < -0.39 is 0 Å². The number of carbonyl (C=O) groups is 1. The minimum atomic E-state index is -0.0952. The van der Waals surface area contributed by atoms with Crippen molar-refractivity contribution >= 4 is 51.8 Å². The molecule has 0 aliphatic carbocycles. The van der Waals surface area contributed by atoms with Crippen molar-refractivity contribution in [2.24, 2.45) is 4.99 Å². The molecule has 21 heavy (non-hydrogen) atoms. The van der Waals surface area contributed by atoms with E-state index in [4.69, 9.17) is 0 Å². The molecule has 0 aliphatic heterocycles. The first-order valence-electron chi connectivity index (χ1n) is 6.26. The quantitative estimate of drug-likeness (QED) is 0.198. The van der Waals surface area contributed by atoms with Crippen molar-refractivity contribution in [3.05, 3.63) is 47.0 Å². The van der Waals surface area contributed by atoms with Gasteiger partial charge in [0.15, 0.2) is 5.96 Å². The highest BCUT2D eigenvalue weighted by atomic mass is 127. The highest BCUT2D eigenvalue weighted by molar-refractivity contribution is 14.0. The number of rotatable bonds is 6. The monoisotopic (exact) mass is 466 g/mol. The lowest BCUT2D eigenvalue weighted by Gasteiger charge is -2.11. The SMILES string of the molecule is C=CCNC(=NC)NCCNC(=O)c1cccc(Br)c1.I. The molecule has 0 radical (unpaired) electrons. The lowest BCUT2D eigenvalue weighted by molar-refractivity contribution is 0.0954. The summed E-state index contributed by atoms with van der Waals surface area (Å²) in [4.78, 5) is 15.9. The average Bonchev–Trinajstić information content (AvgIpc) is 2.46. The van der Waals surface area contributed by atoms with Crippen molar-refractivity contribution in [3.8, 4) is 0 Å². The second-order valence-electron chi connectivity index (χ2n) is 3.93. The Labute approximate surface area is 150 Å². The minimum absolute atomic E-state index is 0. The lowest BCUT2D eigenvalue weighted by Crippen LogP contribution is -2.41. The van der Waals surface area contributed by atoms with Gasteiger partial charge in [0.05, 0.1) is 0 Å². The van der Waals surface area contributed by atoms with Crippen LogP contribution in [-0.4, -0.2) is 38.5 Å². The molecule has 0 aromatic heterocycles. The second-order valence-corrected chi connectivity index (χ2v) is 4.85. The van der Waals surface area contributed by atoms with Crippen molar-refractivity contribution in [2.45, 2.75) is 0 Å². The first-order chi connectivity index (χ1) is 9.67. The fourth-order valence-corrected chi connectivity index (χ4v) is 1.88. The smallest absolute Gasteiger partial charge is 0.251 e. The minimum Gasteiger partial charge on any atom is -0.355 e. The van der Waals surface area contributed by atoms with E-state index in [9.17, 15) is 4.79 Å². The van der Waals surface area contributed by atoms with Crippen LogP contribution in [0.4, 0.5) is 0 Å². The molecular weight excluding hydrogens is 447 g/mol. The van der Waals surface area contributed by atoms with E-state index in [1.54, 1.807) is 25.3 Å². The topological polar surface area (TPSA) is 65.5 Å². The first kappa shape index (κ1) is 19.9. The molecule has 1 aromatic rings. The molecule has 0 spiro atoms. The molecule has 0 aliphatic rings. The number of benzene rings is 1. The first-order valence-corrected chi connectivity index (χ1v) is 7.06. The molecule has 1 aromatic carbocycles. The molecule has 0 bridgehead atoms. The van der Waals surface area contributed by atoms with E-state index in [1.807, 2.05) is 12.1 Å². The van der Waals surface area contributed by atoms with E-state index in [2.05, 4.69) is 43.5 Å². The van der Waals surface area contributed by atoms with Crippen molar-refractivity contribution in [2.75, 3.05) is 26.7 Å². The third-order valence-electron chi connectivity index (χ3n) is 2.43. The van der Waals surface area contributed by atoms with Gasteiger partial charge in [-0.15, -0.1) is 30.6 Å². The molecule has 1 amide bonds. The maximum absolute atomic E-state index is 11.9. The Morgan fingerprint density at radius 1 is 1.33 bits per heavy atom. The lowest BCUT2D eigenvalue weighted by atomic mass is 10.2. The van der Waals surface area contributed by atoms with Gasteiger partial charge in [-0.2, -0.15) is 0 Å². The summed E-state index contributed by atoms with van der Waals surface area (Å²) in [6, 6.07) is 7.28. The van der Waals surface area contributed by atoms with Gasteiger partial charge in [-0.3, -0.25) is 9.79 Å². The molecule has 0 heterocycles. The molecule has 0 unspecified atom stereocenters. The number of hydrogen-bond acceptors (Lipinski definition) is 2. The largest absolute Gasteiger partial charge is 0.355 e. The van der Waals surface area contributed by atoms with Gasteiger partial charge in [-0.05, 0) is 18.2 Å². The molecular formula is C14H20BrIN4O. The van der Waals surface area contributed by atoms with Crippen molar-refractivity contribution < 1.29 is 4.79 Å². The molecule has 3 N–H and O–H groups in total. The van der Waals surface area contributed by atoms with Gasteiger partial charge in [0, 0.05) is 36.7 Å². The van der Waals surface area contributed by atoms with Crippen molar-refractivity contribution in [1.29, 1.82) is 0 Å². The average molecular weight is 467 g/mol. The van der Waals surface area contributed by atoms with Crippen LogP contribution in [0.3, 0.4) is 0 Å². The van der Waals surface area contributed by atoms with Gasteiger partial charge in [0.1, 0.15) is 0 Å². The Bertz CT molecular complexity index is 494. The van der Waals surface area contributed by atoms with E-state index in [0.717, 1.165) is 4.47 Å². The van der Waals surface area contributed by atoms with E-state index in [1.165, 1.54) is 0 Å². The molecule has 0 atom stereocenters. The molecule has 116 valence electrons. The summed E-state index contributed by atoms with van der Waals surface area (Å²) < 4.78 is 0.886. The molecule has 1 rings (SSSR count). The standard InChI is InChI=1S/C14H19BrN4O.HI/c1-3-7-18-14(16-2)19-9-8-17-13(20)11-5-4-6-12(15)10-11;/h3-6,10H,1,7-9H2,2H3,(H,17,20)(H2,16,18,19);1H. The van der Waals surface area contributed by atoms with Crippen LogP contribution < -0.4 is 16.0 Å². The zero-order valence-corrected chi connectivity index (χ0v) is 15.8.